The summed E-state index contributed by atoms with van der Waals surface area (Å²) in [6.45, 7) is 1.52. The Labute approximate surface area is 135 Å². The van der Waals surface area contributed by atoms with Crippen LogP contribution in [0.25, 0.3) is 0 Å². The third kappa shape index (κ3) is 2.33. The van der Waals surface area contributed by atoms with Gasteiger partial charge in [0.05, 0.1) is 0 Å². The Bertz CT molecular complexity index is 605. The first-order valence-electron chi connectivity index (χ1n) is 6.36. The van der Waals surface area contributed by atoms with Gasteiger partial charge in [0, 0.05) is 0 Å². The molecule has 0 amide bonds. The molecule has 0 aliphatic carbocycles. The van der Waals surface area contributed by atoms with E-state index in [-0.39, 0.29) is 6.92 Å². The average molecular weight is 350 g/mol. The van der Waals surface area contributed by atoms with Crippen LogP contribution in [0, 0.1) is 0 Å². The van der Waals surface area contributed by atoms with Crippen LogP contribution in [0.2, 0.25) is 0 Å². The highest BCUT2D eigenvalue weighted by Crippen LogP contribution is 2.42. The maximum atomic E-state index is 11.9. The second-order valence-corrected chi connectivity index (χ2v) is 5.48. The lowest BCUT2D eigenvalue weighted by Crippen LogP contribution is -2.84. The van der Waals surface area contributed by atoms with E-state index in [0.717, 1.165) is 0 Å². The lowest BCUT2D eigenvalue weighted by atomic mass is 9.59. The van der Waals surface area contributed by atoms with E-state index < -0.39 is 51.7 Å². The summed E-state index contributed by atoms with van der Waals surface area (Å²) in [5.74, 6) is -10.3. The van der Waals surface area contributed by atoms with E-state index in [1.165, 1.54) is 0 Å². The van der Waals surface area contributed by atoms with Gasteiger partial charge in [-0.3, -0.25) is 14.4 Å². The molecule has 0 radical (unpaired) electrons. The molecule has 0 aliphatic heterocycles. The summed E-state index contributed by atoms with van der Waals surface area (Å²) in [5.41, 5.74) is -16.1. The van der Waals surface area contributed by atoms with Crippen LogP contribution in [0.1, 0.15) is 27.7 Å². The molecule has 11 nitrogen and oxygen atoms in total. The molecule has 11 heteroatoms. The fourth-order valence-corrected chi connectivity index (χ4v) is 2.44. The molecule has 0 saturated carbocycles. The molecule has 0 aliphatic rings. The largest absolute Gasteiger partial charge is 0.479 e. The van der Waals surface area contributed by atoms with Gasteiger partial charge in [-0.1, -0.05) is 0 Å². The number of hydrogen-bond acceptors (Lipinski definition) is 9. The number of rotatable bonds is 8. The first-order valence-corrected chi connectivity index (χ1v) is 6.36. The second kappa shape index (κ2) is 6.02. The number of carbonyl (C=O) groups is 5. The Morgan fingerprint density at radius 3 is 1.12 bits per heavy atom. The van der Waals surface area contributed by atoms with Crippen molar-refractivity contribution in [1.29, 1.82) is 0 Å². The van der Waals surface area contributed by atoms with Crippen molar-refractivity contribution < 1.29 is 54.6 Å². The number of hydrogen-bond donors (Lipinski definition) is 6. The fraction of sp³-hybridized carbons (Fsp3) is 0.615. The van der Waals surface area contributed by atoms with Gasteiger partial charge in [0.1, 0.15) is 0 Å². The topological polar surface area (TPSA) is 207 Å². The van der Waals surface area contributed by atoms with Gasteiger partial charge in [0.2, 0.25) is 11.2 Å². The molecule has 0 bridgehead atoms. The molecule has 0 saturated heterocycles. The Morgan fingerprint density at radius 2 is 0.958 bits per heavy atom. The molecule has 0 heterocycles. The number of carboxylic acid groups (broad SMARTS) is 2. The van der Waals surface area contributed by atoms with Crippen LogP contribution >= 0.6 is 0 Å². The highest BCUT2D eigenvalue weighted by atomic mass is 16.5. The Morgan fingerprint density at radius 1 is 0.625 bits per heavy atom. The van der Waals surface area contributed by atoms with Gasteiger partial charge >= 0.3 is 11.9 Å². The molecule has 0 spiro atoms. The van der Waals surface area contributed by atoms with Crippen molar-refractivity contribution in [2.24, 2.45) is 0 Å². The zero-order valence-corrected chi connectivity index (χ0v) is 13.2. The second-order valence-electron chi connectivity index (χ2n) is 5.48. The van der Waals surface area contributed by atoms with Crippen LogP contribution in [0.4, 0.5) is 0 Å². The molecule has 0 rings (SSSR count). The minimum atomic E-state index is -4.22. The molecular weight excluding hydrogens is 332 g/mol. The molecule has 136 valence electrons. The van der Waals surface area contributed by atoms with Gasteiger partial charge in [-0.25, -0.2) is 9.59 Å². The Balaban J connectivity index is 7.31. The average Bonchev–Trinajstić information content (AvgIpc) is 2.42. The first kappa shape index (κ1) is 21.8. The Hall–Kier alpha value is -2.21. The summed E-state index contributed by atoms with van der Waals surface area (Å²) in [4.78, 5) is 57.9. The third-order valence-electron chi connectivity index (χ3n) is 4.01. The lowest BCUT2D eigenvalue weighted by Gasteiger charge is -2.50. The first-order chi connectivity index (χ1) is 10.5. The van der Waals surface area contributed by atoms with E-state index in [0.29, 0.717) is 20.8 Å². The van der Waals surface area contributed by atoms with E-state index in [4.69, 9.17) is 10.2 Å². The number of aliphatic hydroxyl groups is 4. The minimum absolute atomic E-state index is 0.285. The normalized spacial score (nSPS) is 21.3. The van der Waals surface area contributed by atoms with Crippen molar-refractivity contribution >= 4 is 29.3 Å². The summed E-state index contributed by atoms with van der Waals surface area (Å²) in [6, 6.07) is 0. The fourth-order valence-electron chi connectivity index (χ4n) is 2.44. The predicted octanol–water partition coefficient (Wildman–Crippen LogP) is -3.13. The molecule has 0 fully saturated rings. The van der Waals surface area contributed by atoms with Crippen LogP contribution in [0.5, 0.6) is 0 Å². The SMILES string of the molecule is CC(=O)[C@](O)(C(=O)O)[C@](O)(C(C)=O)[C@@](O)(C(C)=O)[C@](C)(O)C(=O)O. The number of Topliss-reactive ketones (excluding diaryl/α,β-unsaturated/α-hetero) is 3. The molecule has 0 aromatic rings. The maximum Gasteiger partial charge on any atom is 0.347 e. The van der Waals surface area contributed by atoms with Crippen LogP contribution in [-0.2, 0) is 24.0 Å². The zero-order valence-electron chi connectivity index (χ0n) is 13.2. The summed E-state index contributed by atoms with van der Waals surface area (Å²) in [7, 11) is 0. The van der Waals surface area contributed by atoms with E-state index in [9.17, 15) is 44.4 Å². The van der Waals surface area contributed by atoms with Crippen LogP contribution in [0.3, 0.4) is 0 Å². The number of ketones is 3. The monoisotopic (exact) mass is 350 g/mol. The molecule has 0 aromatic heterocycles. The quantitative estimate of drug-likeness (QED) is 0.241. The zero-order chi connectivity index (χ0) is 19.9. The number of aliphatic carboxylic acids is 2. The van der Waals surface area contributed by atoms with E-state index in [2.05, 4.69) is 0 Å². The van der Waals surface area contributed by atoms with Gasteiger partial charge in [0.25, 0.3) is 5.60 Å². The smallest absolute Gasteiger partial charge is 0.347 e. The Kier molecular flexibility index (Phi) is 5.46. The summed E-state index contributed by atoms with van der Waals surface area (Å²) in [5, 5.41) is 59.3. The van der Waals surface area contributed by atoms with Crippen molar-refractivity contribution in [3.05, 3.63) is 0 Å². The van der Waals surface area contributed by atoms with Crippen LogP contribution in [-0.4, -0.2) is 82.3 Å². The van der Waals surface area contributed by atoms with Crippen molar-refractivity contribution in [3.63, 3.8) is 0 Å². The molecule has 24 heavy (non-hydrogen) atoms. The minimum Gasteiger partial charge on any atom is -0.479 e. The number of carbonyl (C=O) groups excluding carboxylic acids is 3. The highest BCUT2D eigenvalue weighted by Gasteiger charge is 2.79. The maximum absolute atomic E-state index is 11.9. The standard InChI is InChI=1S/C13H18O11/c1-5(14)11(22,9(19)20)13(24,7(3)16)12(23,6(2)15)10(4,21)8(17)18/h21-24H,1-4H3,(H,17,18)(H,19,20)/t10-,11+,12-,13-/m1/s1. The van der Waals surface area contributed by atoms with Crippen molar-refractivity contribution in [2.75, 3.05) is 0 Å². The molecular formula is C13H18O11. The van der Waals surface area contributed by atoms with Gasteiger partial charge in [0.15, 0.2) is 23.0 Å². The number of carboxylic acids is 2. The van der Waals surface area contributed by atoms with Crippen molar-refractivity contribution in [1.82, 2.24) is 0 Å². The summed E-state index contributed by atoms with van der Waals surface area (Å²) < 4.78 is 0. The summed E-state index contributed by atoms with van der Waals surface area (Å²) in [6.07, 6.45) is 0. The highest BCUT2D eigenvalue weighted by molar-refractivity contribution is 6.16. The van der Waals surface area contributed by atoms with Crippen LogP contribution < -0.4 is 0 Å². The summed E-state index contributed by atoms with van der Waals surface area (Å²) >= 11 is 0. The molecule has 0 unspecified atom stereocenters. The molecule has 4 atom stereocenters. The van der Waals surface area contributed by atoms with E-state index in [1.54, 1.807) is 0 Å². The predicted molar refractivity (Wildman–Crippen MR) is 72.8 cm³/mol. The van der Waals surface area contributed by atoms with Crippen molar-refractivity contribution in [3.8, 4) is 0 Å². The van der Waals surface area contributed by atoms with Crippen molar-refractivity contribution in [2.45, 2.75) is 50.1 Å². The van der Waals surface area contributed by atoms with Crippen LogP contribution in [0.15, 0.2) is 0 Å². The van der Waals surface area contributed by atoms with E-state index >= 15 is 0 Å². The van der Waals surface area contributed by atoms with Gasteiger partial charge < -0.3 is 30.6 Å². The van der Waals surface area contributed by atoms with Gasteiger partial charge in [-0.15, -0.1) is 0 Å². The van der Waals surface area contributed by atoms with E-state index in [1.807, 2.05) is 0 Å². The van der Waals surface area contributed by atoms with Gasteiger partial charge in [-0.05, 0) is 27.7 Å². The lowest BCUT2D eigenvalue weighted by molar-refractivity contribution is -0.266. The molecule has 6 N–H and O–H groups in total. The third-order valence-corrected chi connectivity index (χ3v) is 4.01. The molecule has 0 aromatic carbocycles. The van der Waals surface area contributed by atoms with Gasteiger partial charge in [-0.2, -0.15) is 0 Å².